The van der Waals surface area contributed by atoms with Gasteiger partial charge in [-0.05, 0) is 74.0 Å². The van der Waals surface area contributed by atoms with Crippen molar-refractivity contribution in [3.8, 4) is 28.3 Å². The number of hydrogen-bond donors (Lipinski definition) is 0. The zero-order valence-electron chi connectivity index (χ0n) is 19.4. The average molecular weight is 477 g/mol. The molecule has 34 heavy (non-hydrogen) atoms. The Morgan fingerprint density at radius 3 is 2.68 bits per heavy atom. The van der Waals surface area contributed by atoms with Crippen molar-refractivity contribution in [2.75, 3.05) is 38.6 Å². The standard InChI is InChI=1S/C26H27FN6.H2S/c1-30(2)13-18-9-10-31(14-18)23-7-8-24-21(11-23)16-32-15-20(19-3-5-22(27)6-4-19)12-25(32)26-28-17-29-33(24)26;/h3-8,11-12,15,17-18H,9-10,13-14,16H2,1-2H3;1H2/t18-;/m0./s1. The first-order chi connectivity index (χ1) is 16.0. The molecule has 8 heteroatoms. The van der Waals surface area contributed by atoms with Gasteiger partial charge in [-0.15, -0.1) is 0 Å². The lowest BCUT2D eigenvalue weighted by Gasteiger charge is -2.21. The largest absolute Gasteiger partial charge is 0.371 e. The third kappa shape index (κ3) is 4.01. The maximum absolute atomic E-state index is 13.4. The second kappa shape index (κ2) is 8.92. The van der Waals surface area contributed by atoms with E-state index in [0.29, 0.717) is 5.92 Å². The molecule has 0 spiro atoms. The zero-order chi connectivity index (χ0) is 22.5. The molecular weight excluding hydrogens is 447 g/mol. The molecule has 0 radical (unpaired) electrons. The summed E-state index contributed by atoms with van der Waals surface area (Å²) in [5, 5.41) is 4.55. The summed E-state index contributed by atoms with van der Waals surface area (Å²) in [5.74, 6) is 1.30. The summed E-state index contributed by atoms with van der Waals surface area (Å²) in [7, 11) is 4.30. The van der Waals surface area contributed by atoms with Crippen LogP contribution in [0.5, 0.6) is 0 Å². The van der Waals surface area contributed by atoms with Crippen molar-refractivity contribution < 1.29 is 4.39 Å². The average Bonchev–Trinajstić information content (AvgIpc) is 3.53. The van der Waals surface area contributed by atoms with Gasteiger partial charge in [0.2, 0.25) is 0 Å². The van der Waals surface area contributed by atoms with Crippen LogP contribution in [0.4, 0.5) is 10.1 Å². The van der Waals surface area contributed by atoms with Crippen LogP contribution in [-0.4, -0.2) is 58.0 Å². The molecule has 1 saturated heterocycles. The number of fused-ring (bicyclic) bond motifs is 5. The van der Waals surface area contributed by atoms with Gasteiger partial charge in [0, 0.05) is 43.6 Å². The van der Waals surface area contributed by atoms with Gasteiger partial charge in [0.15, 0.2) is 5.82 Å². The van der Waals surface area contributed by atoms with Crippen LogP contribution in [0.15, 0.2) is 61.1 Å². The molecule has 2 aromatic carbocycles. The normalized spacial score (nSPS) is 16.6. The molecule has 0 N–H and O–H groups in total. The first kappa shape index (κ1) is 22.7. The molecule has 0 amide bonds. The molecule has 4 heterocycles. The predicted molar refractivity (Wildman–Crippen MR) is 139 cm³/mol. The first-order valence-corrected chi connectivity index (χ1v) is 11.4. The maximum Gasteiger partial charge on any atom is 0.179 e. The van der Waals surface area contributed by atoms with Gasteiger partial charge in [-0.2, -0.15) is 18.6 Å². The third-order valence-electron chi connectivity index (χ3n) is 6.76. The molecule has 176 valence electrons. The molecule has 0 saturated carbocycles. The van der Waals surface area contributed by atoms with Crippen LogP contribution in [0.2, 0.25) is 0 Å². The fourth-order valence-corrected chi connectivity index (χ4v) is 5.24. The van der Waals surface area contributed by atoms with Gasteiger partial charge in [0.1, 0.15) is 12.1 Å². The van der Waals surface area contributed by atoms with Crippen LogP contribution < -0.4 is 4.90 Å². The summed E-state index contributed by atoms with van der Waals surface area (Å²) in [6.45, 7) is 4.05. The van der Waals surface area contributed by atoms with Crippen LogP contribution >= 0.6 is 13.5 Å². The van der Waals surface area contributed by atoms with E-state index in [0.717, 1.165) is 54.5 Å². The maximum atomic E-state index is 13.4. The van der Waals surface area contributed by atoms with E-state index in [-0.39, 0.29) is 19.3 Å². The van der Waals surface area contributed by atoms with Crippen molar-refractivity contribution in [3.05, 3.63) is 72.4 Å². The van der Waals surface area contributed by atoms with E-state index in [4.69, 9.17) is 0 Å². The van der Waals surface area contributed by atoms with Gasteiger partial charge in [-0.3, -0.25) is 0 Å². The highest BCUT2D eigenvalue weighted by atomic mass is 32.1. The smallest absolute Gasteiger partial charge is 0.179 e. The molecule has 0 unspecified atom stereocenters. The van der Waals surface area contributed by atoms with Gasteiger partial charge in [0.25, 0.3) is 0 Å². The summed E-state index contributed by atoms with van der Waals surface area (Å²) in [6, 6.07) is 15.5. The van der Waals surface area contributed by atoms with Crippen molar-refractivity contribution in [1.29, 1.82) is 0 Å². The Balaban J connectivity index is 0.00000241. The number of rotatable bonds is 4. The quantitative estimate of drug-likeness (QED) is 0.386. The second-order valence-electron chi connectivity index (χ2n) is 9.42. The van der Waals surface area contributed by atoms with Crippen molar-refractivity contribution in [3.63, 3.8) is 0 Å². The Bertz CT molecular complexity index is 1310. The van der Waals surface area contributed by atoms with E-state index in [1.807, 2.05) is 16.8 Å². The lowest BCUT2D eigenvalue weighted by molar-refractivity contribution is 0.340. The number of benzene rings is 2. The van der Waals surface area contributed by atoms with Gasteiger partial charge >= 0.3 is 0 Å². The fourth-order valence-electron chi connectivity index (χ4n) is 5.24. The summed E-state index contributed by atoms with van der Waals surface area (Å²) >= 11 is 0. The van der Waals surface area contributed by atoms with Crippen LogP contribution in [0.25, 0.3) is 28.3 Å². The van der Waals surface area contributed by atoms with Gasteiger partial charge in [-0.1, -0.05) is 12.1 Å². The number of anilines is 1. The number of nitrogens with zero attached hydrogens (tertiary/aromatic N) is 6. The van der Waals surface area contributed by atoms with Crippen LogP contribution in [0, 0.1) is 11.7 Å². The highest BCUT2D eigenvalue weighted by Gasteiger charge is 2.26. The van der Waals surface area contributed by atoms with Gasteiger partial charge < -0.3 is 14.4 Å². The second-order valence-corrected chi connectivity index (χ2v) is 9.42. The minimum atomic E-state index is -0.226. The number of hydrogen-bond acceptors (Lipinski definition) is 4. The molecule has 2 aromatic heterocycles. The molecule has 6 nitrogen and oxygen atoms in total. The van der Waals surface area contributed by atoms with Gasteiger partial charge in [-0.25, -0.2) is 14.1 Å². The summed E-state index contributed by atoms with van der Waals surface area (Å²) < 4.78 is 17.6. The van der Waals surface area contributed by atoms with Crippen molar-refractivity contribution in [2.24, 2.45) is 5.92 Å². The van der Waals surface area contributed by atoms with Gasteiger partial charge in [0.05, 0.1) is 11.4 Å². The third-order valence-corrected chi connectivity index (χ3v) is 6.76. The van der Waals surface area contributed by atoms with Crippen molar-refractivity contribution >= 4 is 19.2 Å². The fraction of sp³-hybridized carbons (Fsp3) is 0.308. The zero-order valence-corrected chi connectivity index (χ0v) is 20.4. The summed E-state index contributed by atoms with van der Waals surface area (Å²) in [6.07, 6.45) is 4.97. The first-order valence-electron chi connectivity index (χ1n) is 11.4. The van der Waals surface area contributed by atoms with E-state index in [2.05, 4.69) is 69.0 Å². The number of halogens is 1. The minimum Gasteiger partial charge on any atom is -0.371 e. The van der Waals surface area contributed by atoms with E-state index in [1.165, 1.54) is 29.8 Å². The Morgan fingerprint density at radius 1 is 1.06 bits per heavy atom. The molecule has 2 aliphatic rings. The number of aromatic nitrogens is 4. The van der Waals surface area contributed by atoms with Crippen LogP contribution in [0.1, 0.15) is 12.0 Å². The lowest BCUT2D eigenvalue weighted by Crippen LogP contribution is -2.25. The monoisotopic (exact) mass is 476 g/mol. The molecule has 1 fully saturated rings. The topological polar surface area (TPSA) is 42.1 Å². The van der Waals surface area contributed by atoms with Crippen LogP contribution in [0.3, 0.4) is 0 Å². The molecule has 4 aromatic rings. The molecule has 2 aliphatic heterocycles. The summed E-state index contributed by atoms with van der Waals surface area (Å²) in [4.78, 5) is 9.35. The molecule has 0 aliphatic carbocycles. The minimum absolute atomic E-state index is 0. The SMILES string of the molecule is CN(C)C[C@@H]1CCN(c2ccc3c(c2)Cn2cc(-c4ccc(F)cc4)cc2-c2ncnn2-3)C1.S. The van der Waals surface area contributed by atoms with Crippen LogP contribution in [-0.2, 0) is 6.54 Å². The lowest BCUT2D eigenvalue weighted by atomic mass is 10.1. The predicted octanol–water partition coefficient (Wildman–Crippen LogP) is 4.40. The Hall–Kier alpha value is -3.10. The summed E-state index contributed by atoms with van der Waals surface area (Å²) in [5.41, 5.74) is 6.60. The molecule has 0 bridgehead atoms. The molecular formula is C26H29FN6S. The van der Waals surface area contributed by atoms with E-state index in [1.54, 1.807) is 6.33 Å². The van der Waals surface area contributed by atoms with E-state index in [9.17, 15) is 4.39 Å². The Labute approximate surface area is 206 Å². The Kier molecular flexibility index (Phi) is 5.95. The highest BCUT2D eigenvalue weighted by molar-refractivity contribution is 7.59. The van der Waals surface area contributed by atoms with Crippen molar-refractivity contribution in [2.45, 2.75) is 13.0 Å². The van der Waals surface area contributed by atoms with E-state index < -0.39 is 0 Å². The molecule has 6 rings (SSSR count). The van der Waals surface area contributed by atoms with E-state index >= 15 is 0 Å². The van der Waals surface area contributed by atoms with Crippen molar-refractivity contribution in [1.82, 2.24) is 24.2 Å². The highest BCUT2D eigenvalue weighted by Crippen LogP contribution is 2.35. The Morgan fingerprint density at radius 2 is 1.88 bits per heavy atom. The molecule has 1 atom stereocenters.